The van der Waals surface area contributed by atoms with Gasteiger partial charge in [0.25, 0.3) is 0 Å². The molecule has 148 valence electrons. The Bertz CT molecular complexity index is 1000. The van der Waals surface area contributed by atoms with Gasteiger partial charge in [-0.25, -0.2) is 13.6 Å². The summed E-state index contributed by atoms with van der Waals surface area (Å²) in [6.45, 7) is 0. The highest BCUT2D eigenvalue weighted by Gasteiger charge is 2.21. The topological polar surface area (TPSA) is 66.4 Å². The summed E-state index contributed by atoms with van der Waals surface area (Å²) >= 11 is 0. The van der Waals surface area contributed by atoms with Crippen LogP contribution in [0.15, 0.2) is 72.8 Å². The van der Waals surface area contributed by atoms with Crippen molar-refractivity contribution in [2.24, 2.45) is 0 Å². The van der Waals surface area contributed by atoms with E-state index in [1.165, 1.54) is 6.07 Å². The molecule has 0 bridgehead atoms. The van der Waals surface area contributed by atoms with Crippen molar-refractivity contribution in [3.05, 3.63) is 95.6 Å². The van der Waals surface area contributed by atoms with Gasteiger partial charge in [0, 0.05) is 12.5 Å². The molecule has 0 aliphatic heterocycles. The number of aliphatic carboxylic acids is 1. The molecule has 0 unspecified atom stereocenters. The fourth-order valence-electron chi connectivity index (χ4n) is 2.98. The van der Waals surface area contributed by atoms with Crippen molar-refractivity contribution in [3.8, 4) is 11.1 Å². The van der Waals surface area contributed by atoms with Crippen LogP contribution in [0.25, 0.3) is 11.1 Å². The van der Waals surface area contributed by atoms with Crippen LogP contribution in [0.4, 0.5) is 8.78 Å². The Hall–Kier alpha value is -3.54. The fourth-order valence-corrected chi connectivity index (χ4v) is 2.98. The first-order valence-electron chi connectivity index (χ1n) is 9.03. The van der Waals surface area contributed by atoms with Gasteiger partial charge in [-0.3, -0.25) is 4.79 Å². The lowest BCUT2D eigenvalue weighted by molar-refractivity contribution is -0.141. The Morgan fingerprint density at radius 1 is 0.897 bits per heavy atom. The predicted molar refractivity (Wildman–Crippen MR) is 105 cm³/mol. The van der Waals surface area contributed by atoms with Crippen LogP contribution < -0.4 is 5.32 Å². The molecule has 1 atom stereocenters. The standard InChI is InChI=1S/C23H19F2NO3/c24-19-11-10-18(20(25)14-19)13-22(27)26-21(23(28)29)12-15-6-8-17(9-7-15)16-4-2-1-3-5-16/h1-11,14,21H,12-13H2,(H,26,27)(H,28,29)/t21-/m0/s1. The minimum atomic E-state index is -1.19. The zero-order valence-electron chi connectivity index (χ0n) is 15.4. The van der Waals surface area contributed by atoms with E-state index in [-0.39, 0.29) is 18.4 Å². The van der Waals surface area contributed by atoms with Crippen LogP contribution in [-0.2, 0) is 22.4 Å². The maximum absolute atomic E-state index is 13.7. The first-order valence-corrected chi connectivity index (χ1v) is 9.03. The van der Waals surface area contributed by atoms with Crippen LogP contribution in [0.5, 0.6) is 0 Å². The molecule has 29 heavy (non-hydrogen) atoms. The normalized spacial score (nSPS) is 11.7. The minimum Gasteiger partial charge on any atom is -0.480 e. The maximum Gasteiger partial charge on any atom is 0.326 e. The van der Waals surface area contributed by atoms with E-state index in [0.717, 1.165) is 22.8 Å². The molecule has 0 aliphatic carbocycles. The fraction of sp³-hybridized carbons (Fsp3) is 0.130. The first kappa shape index (κ1) is 20.2. The van der Waals surface area contributed by atoms with Crippen molar-refractivity contribution in [1.29, 1.82) is 0 Å². The molecule has 0 heterocycles. The molecule has 0 aliphatic rings. The first-order chi connectivity index (χ1) is 13.9. The number of amides is 1. The second-order valence-electron chi connectivity index (χ2n) is 6.64. The quantitative estimate of drug-likeness (QED) is 0.636. The summed E-state index contributed by atoms with van der Waals surface area (Å²) < 4.78 is 26.7. The average Bonchev–Trinajstić information content (AvgIpc) is 2.71. The number of carboxylic acids is 1. The zero-order chi connectivity index (χ0) is 20.8. The lowest BCUT2D eigenvalue weighted by Gasteiger charge is -2.15. The van der Waals surface area contributed by atoms with Crippen molar-refractivity contribution in [3.63, 3.8) is 0 Å². The third kappa shape index (κ3) is 5.48. The monoisotopic (exact) mass is 395 g/mol. The highest BCUT2D eigenvalue weighted by molar-refractivity contribution is 5.85. The van der Waals surface area contributed by atoms with Crippen LogP contribution in [0, 0.1) is 11.6 Å². The molecule has 3 aromatic rings. The Labute approximate surface area is 166 Å². The van der Waals surface area contributed by atoms with Crippen molar-refractivity contribution >= 4 is 11.9 Å². The molecule has 0 fully saturated rings. The number of nitrogens with one attached hydrogen (secondary N) is 1. The Morgan fingerprint density at radius 3 is 2.17 bits per heavy atom. The van der Waals surface area contributed by atoms with Gasteiger partial charge in [0.2, 0.25) is 5.91 Å². The minimum absolute atomic E-state index is 0.000234. The molecule has 0 saturated heterocycles. The van der Waals surface area contributed by atoms with E-state index in [9.17, 15) is 23.5 Å². The smallest absolute Gasteiger partial charge is 0.326 e. The maximum atomic E-state index is 13.7. The third-order valence-electron chi connectivity index (χ3n) is 4.50. The predicted octanol–water partition coefficient (Wildman–Crippen LogP) is 3.99. The Morgan fingerprint density at radius 2 is 1.55 bits per heavy atom. The van der Waals surface area contributed by atoms with Crippen LogP contribution in [-0.4, -0.2) is 23.0 Å². The number of carbonyl (C=O) groups is 2. The lowest BCUT2D eigenvalue weighted by atomic mass is 10.0. The van der Waals surface area contributed by atoms with Gasteiger partial charge in [-0.2, -0.15) is 0 Å². The van der Waals surface area contributed by atoms with E-state index in [4.69, 9.17) is 0 Å². The van der Waals surface area contributed by atoms with Crippen molar-refractivity contribution in [1.82, 2.24) is 5.32 Å². The van der Waals surface area contributed by atoms with Gasteiger partial charge >= 0.3 is 5.97 Å². The van der Waals surface area contributed by atoms with Gasteiger partial charge in [-0.05, 0) is 28.3 Å². The molecule has 2 N–H and O–H groups in total. The van der Waals surface area contributed by atoms with Gasteiger partial charge in [0.05, 0.1) is 6.42 Å². The number of halogens is 2. The molecule has 0 saturated carbocycles. The molecule has 3 aromatic carbocycles. The summed E-state index contributed by atoms with van der Waals surface area (Å²) in [7, 11) is 0. The Balaban J connectivity index is 1.65. The molecule has 1 amide bonds. The molecule has 0 aromatic heterocycles. The summed E-state index contributed by atoms with van der Waals surface area (Å²) in [5.41, 5.74) is 2.78. The van der Waals surface area contributed by atoms with E-state index in [1.54, 1.807) is 0 Å². The molecule has 0 spiro atoms. The molecular weight excluding hydrogens is 376 g/mol. The third-order valence-corrected chi connectivity index (χ3v) is 4.50. The largest absolute Gasteiger partial charge is 0.480 e. The number of carboxylic acid groups (broad SMARTS) is 1. The van der Waals surface area contributed by atoms with E-state index in [0.29, 0.717) is 6.07 Å². The van der Waals surface area contributed by atoms with Crippen molar-refractivity contribution < 1.29 is 23.5 Å². The average molecular weight is 395 g/mol. The van der Waals surface area contributed by atoms with E-state index in [2.05, 4.69) is 5.32 Å². The molecule has 3 rings (SSSR count). The molecule has 0 radical (unpaired) electrons. The van der Waals surface area contributed by atoms with Crippen LogP contribution in [0.2, 0.25) is 0 Å². The highest BCUT2D eigenvalue weighted by atomic mass is 19.1. The number of hydrogen-bond donors (Lipinski definition) is 2. The Kier molecular flexibility index (Phi) is 6.34. The molecule has 6 heteroatoms. The SMILES string of the molecule is O=C(Cc1ccc(F)cc1F)N[C@@H](Cc1ccc(-c2ccccc2)cc1)C(=O)O. The lowest BCUT2D eigenvalue weighted by Crippen LogP contribution is -2.43. The van der Waals surface area contributed by atoms with Gasteiger partial charge in [-0.15, -0.1) is 0 Å². The van der Waals surface area contributed by atoms with Crippen molar-refractivity contribution in [2.45, 2.75) is 18.9 Å². The summed E-state index contributed by atoms with van der Waals surface area (Å²) in [5.74, 6) is -3.42. The van der Waals surface area contributed by atoms with Gasteiger partial charge in [0.1, 0.15) is 17.7 Å². The summed E-state index contributed by atoms with van der Waals surface area (Å²) in [4.78, 5) is 23.7. The second kappa shape index (κ2) is 9.10. The van der Waals surface area contributed by atoms with E-state index < -0.39 is 29.6 Å². The highest BCUT2D eigenvalue weighted by Crippen LogP contribution is 2.20. The summed E-state index contributed by atoms with van der Waals surface area (Å²) in [6, 6.07) is 18.9. The van der Waals surface area contributed by atoms with Gasteiger partial charge in [0.15, 0.2) is 0 Å². The van der Waals surface area contributed by atoms with Crippen LogP contribution in [0.1, 0.15) is 11.1 Å². The second-order valence-corrected chi connectivity index (χ2v) is 6.64. The van der Waals surface area contributed by atoms with Gasteiger partial charge in [-0.1, -0.05) is 60.7 Å². The number of hydrogen-bond acceptors (Lipinski definition) is 2. The summed E-state index contributed by atoms with van der Waals surface area (Å²) in [5, 5.41) is 11.8. The molecular formula is C23H19F2NO3. The van der Waals surface area contributed by atoms with Gasteiger partial charge < -0.3 is 10.4 Å². The zero-order valence-corrected chi connectivity index (χ0v) is 15.4. The number of rotatable bonds is 7. The van der Waals surface area contributed by atoms with Crippen molar-refractivity contribution in [2.75, 3.05) is 0 Å². The summed E-state index contributed by atoms with van der Waals surface area (Å²) in [6.07, 6.45) is -0.287. The van der Waals surface area contributed by atoms with E-state index in [1.807, 2.05) is 54.6 Å². The molecule has 4 nitrogen and oxygen atoms in total. The van der Waals surface area contributed by atoms with E-state index >= 15 is 0 Å². The van der Waals surface area contributed by atoms with Crippen LogP contribution >= 0.6 is 0 Å². The number of carbonyl (C=O) groups excluding carboxylic acids is 1. The number of benzene rings is 3. The van der Waals surface area contributed by atoms with Crippen LogP contribution in [0.3, 0.4) is 0 Å².